The van der Waals surface area contributed by atoms with Crippen LogP contribution in [0.15, 0.2) is 18.2 Å². The Morgan fingerprint density at radius 3 is 2.60 bits per heavy atom. The number of methoxy groups -OCH3 is 1. The molecule has 0 radical (unpaired) electrons. The number of halogens is 2. The molecule has 0 saturated carbocycles. The minimum Gasteiger partial charge on any atom is -0.387 e. The van der Waals surface area contributed by atoms with Gasteiger partial charge in [0, 0.05) is 25.3 Å². The Kier molecular flexibility index (Phi) is 7.05. The first-order valence-corrected chi connectivity index (χ1v) is 6.82. The number of ether oxygens (including phenoxy) is 1. The highest BCUT2D eigenvalue weighted by Crippen LogP contribution is 2.25. The number of aliphatic hydroxyl groups is 1. The summed E-state index contributed by atoms with van der Waals surface area (Å²) in [5.41, 5.74) is -0.0112. The summed E-state index contributed by atoms with van der Waals surface area (Å²) in [5, 5.41) is 13.5. The Morgan fingerprint density at radius 1 is 1.30 bits per heavy atom. The molecule has 114 valence electrons. The second-order valence-corrected chi connectivity index (χ2v) is 5.18. The van der Waals surface area contributed by atoms with Crippen LogP contribution in [0.2, 0.25) is 0 Å². The third kappa shape index (κ3) is 4.81. The maximum atomic E-state index is 13.7. The smallest absolute Gasteiger partial charge is 0.129 e. The number of nitrogens with one attached hydrogen (secondary N) is 1. The van der Waals surface area contributed by atoms with Crippen molar-refractivity contribution in [1.29, 1.82) is 0 Å². The molecule has 20 heavy (non-hydrogen) atoms. The van der Waals surface area contributed by atoms with E-state index in [1.54, 1.807) is 7.11 Å². The van der Waals surface area contributed by atoms with Crippen LogP contribution in [0.3, 0.4) is 0 Å². The number of hydrogen-bond donors (Lipinski definition) is 2. The van der Waals surface area contributed by atoms with Crippen LogP contribution in [0.1, 0.15) is 31.9 Å². The zero-order valence-corrected chi connectivity index (χ0v) is 12.2. The summed E-state index contributed by atoms with van der Waals surface area (Å²) in [4.78, 5) is 0. The minimum absolute atomic E-state index is 0.0112. The summed E-state index contributed by atoms with van der Waals surface area (Å²) in [6.45, 7) is 5.11. The second kappa shape index (κ2) is 8.29. The molecule has 1 rings (SSSR count). The number of benzene rings is 1. The summed E-state index contributed by atoms with van der Waals surface area (Å²) < 4.78 is 31.9. The third-order valence-corrected chi connectivity index (χ3v) is 3.24. The molecule has 0 fully saturated rings. The molecule has 3 nitrogen and oxygen atoms in total. The highest BCUT2D eigenvalue weighted by Gasteiger charge is 2.26. The lowest BCUT2D eigenvalue weighted by Crippen LogP contribution is -2.40. The monoisotopic (exact) mass is 287 g/mol. The van der Waals surface area contributed by atoms with Crippen LogP contribution in [0.4, 0.5) is 8.78 Å². The molecule has 2 atom stereocenters. The van der Waals surface area contributed by atoms with Gasteiger partial charge in [-0.1, -0.05) is 13.8 Å². The van der Waals surface area contributed by atoms with Crippen molar-refractivity contribution < 1.29 is 18.6 Å². The largest absolute Gasteiger partial charge is 0.387 e. The van der Waals surface area contributed by atoms with Crippen molar-refractivity contribution in [2.45, 2.75) is 32.4 Å². The van der Waals surface area contributed by atoms with Crippen molar-refractivity contribution in [3.8, 4) is 0 Å². The van der Waals surface area contributed by atoms with Gasteiger partial charge in [-0.2, -0.15) is 0 Å². The van der Waals surface area contributed by atoms with Crippen LogP contribution >= 0.6 is 0 Å². The van der Waals surface area contributed by atoms with E-state index in [0.29, 0.717) is 13.2 Å². The first kappa shape index (κ1) is 17.0. The Bertz CT molecular complexity index is 413. The first-order valence-electron chi connectivity index (χ1n) is 6.82. The molecule has 0 bridgehead atoms. The van der Waals surface area contributed by atoms with E-state index in [0.717, 1.165) is 24.6 Å². The molecule has 0 amide bonds. The molecule has 0 aliphatic heterocycles. The average Bonchev–Trinajstić information content (AvgIpc) is 2.40. The molecule has 0 aliphatic carbocycles. The van der Waals surface area contributed by atoms with Gasteiger partial charge in [-0.15, -0.1) is 0 Å². The highest BCUT2D eigenvalue weighted by atomic mass is 19.1. The zero-order chi connectivity index (χ0) is 15.1. The summed E-state index contributed by atoms with van der Waals surface area (Å²) in [6.07, 6.45) is -0.300. The molecule has 0 aliphatic rings. The summed E-state index contributed by atoms with van der Waals surface area (Å²) in [6, 6.07) is 2.79. The Morgan fingerprint density at radius 2 is 2.00 bits per heavy atom. The van der Waals surface area contributed by atoms with Crippen LogP contribution in [0, 0.1) is 17.6 Å². The molecule has 1 aromatic carbocycles. The number of aliphatic hydroxyl groups excluding tert-OH is 1. The summed E-state index contributed by atoms with van der Waals surface area (Å²) >= 11 is 0. The SMILES string of the molecule is COCCCNC(C(C)C)C(O)c1cc(F)ccc1F. The van der Waals surface area contributed by atoms with E-state index in [9.17, 15) is 13.9 Å². The van der Waals surface area contributed by atoms with E-state index >= 15 is 0 Å². The third-order valence-electron chi connectivity index (χ3n) is 3.24. The maximum Gasteiger partial charge on any atom is 0.129 e. The molecule has 5 heteroatoms. The topological polar surface area (TPSA) is 41.5 Å². The Balaban J connectivity index is 2.77. The quantitative estimate of drug-likeness (QED) is 0.722. The minimum atomic E-state index is -1.09. The van der Waals surface area contributed by atoms with Gasteiger partial charge in [0.2, 0.25) is 0 Å². The van der Waals surface area contributed by atoms with Gasteiger partial charge in [0.1, 0.15) is 11.6 Å². The number of hydrogen-bond acceptors (Lipinski definition) is 3. The number of rotatable bonds is 8. The van der Waals surface area contributed by atoms with Gasteiger partial charge in [-0.25, -0.2) is 8.78 Å². The van der Waals surface area contributed by atoms with Crippen LogP contribution in [0.5, 0.6) is 0 Å². The lowest BCUT2D eigenvalue weighted by atomic mass is 9.93. The molecule has 0 heterocycles. The van der Waals surface area contributed by atoms with Crippen molar-refractivity contribution >= 4 is 0 Å². The highest BCUT2D eigenvalue weighted by molar-refractivity contribution is 5.22. The predicted octanol–water partition coefficient (Wildman–Crippen LogP) is 2.65. The Labute approximate surface area is 119 Å². The molecule has 0 aromatic heterocycles. The molecule has 0 spiro atoms. The first-order chi connectivity index (χ1) is 9.47. The predicted molar refractivity (Wildman–Crippen MR) is 74.4 cm³/mol. The molecule has 0 saturated heterocycles. The maximum absolute atomic E-state index is 13.7. The van der Waals surface area contributed by atoms with E-state index in [4.69, 9.17) is 4.74 Å². The fourth-order valence-corrected chi connectivity index (χ4v) is 2.13. The average molecular weight is 287 g/mol. The molecular weight excluding hydrogens is 264 g/mol. The molecule has 2 N–H and O–H groups in total. The van der Waals surface area contributed by atoms with Crippen molar-refractivity contribution in [3.63, 3.8) is 0 Å². The van der Waals surface area contributed by atoms with Crippen molar-refractivity contribution in [2.24, 2.45) is 5.92 Å². The van der Waals surface area contributed by atoms with Crippen molar-refractivity contribution in [3.05, 3.63) is 35.4 Å². The van der Waals surface area contributed by atoms with Crippen LogP contribution < -0.4 is 5.32 Å². The van der Waals surface area contributed by atoms with Gasteiger partial charge in [0.15, 0.2) is 0 Å². The normalized spacial score (nSPS) is 14.6. The van der Waals surface area contributed by atoms with Crippen molar-refractivity contribution in [2.75, 3.05) is 20.3 Å². The Hall–Kier alpha value is -1.04. The van der Waals surface area contributed by atoms with Crippen LogP contribution in [-0.2, 0) is 4.74 Å². The van der Waals surface area contributed by atoms with Gasteiger partial charge < -0.3 is 15.2 Å². The second-order valence-electron chi connectivity index (χ2n) is 5.18. The van der Waals surface area contributed by atoms with E-state index < -0.39 is 17.7 Å². The standard InChI is InChI=1S/C15H23F2NO2/c1-10(2)14(18-7-4-8-20-3)15(19)12-9-11(16)5-6-13(12)17/h5-6,9-10,14-15,18-19H,4,7-8H2,1-3H3. The fraction of sp³-hybridized carbons (Fsp3) is 0.600. The van der Waals surface area contributed by atoms with Gasteiger partial charge in [-0.3, -0.25) is 0 Å². The molecule has 1 aromatic rings. The van der Waals surface area contributed by atoms with Crippen molar-refractivity contribution in [1.82, 2.24) is 5.32 Å². The van der Waals surface area contributed by atoms with Gasteiger partial charge >= 0.3 is 0 Å². The van der Waals surface area contributed by atoms with E-state index in [1.165, 1.54) is 0 Å². The molecular formula is C15H23F2NO2. The van der Waals surface area contributed by atoms with Gasteiger partial charge in [-0.05, 0) is 37.1 Å². The van der Waals surface area contributed by atoms with Gasteiger partial charge in [0.05, 0.1) is 6.10 Å². The van der Waals surface area contributed by atoms with E-state index in [-0.39, 0.29) is 17.5 Å². The fourth-order valence-electron chi connectivity index (χ4n) is 2.13. The molecule has 2 unspecified atom stereocenters. The van der Waals surface area contributed by atoms with E-state index in [1.807, 2.05) is 13.8 Å². The van der Waals surface area contributed by atoms with Gasteiger partial charge in [0.25, 0.3) is 0 Å². The van der Waals surface area contributed by atoms with E-state index in [2.05, 4.69) is 5.32 Å². The van der Waals surface area contributed by atoms with Crippen LogP contribution in [-0.4, -0.2) is 31.4 Å². The van der Waals surface area contributed by atoms with Crippen LogP contribution in [0.25, 0.3) is 0 Å². The summed E-state index contributed by atoms with van der Waals surface area (Å²) in [7, 11) is 1.62. The summed E-state index contributed by atoms with van der Waals surface area (Å²) in [5.74, 6) is -1.07. The lowest BCUT2D eigenvalue weighted by molar-refractivity contribution is 0.0990. The lowest BCUT2D eigenvalue weighted by Gasteiger charge is -2.28. The zero-order valence-electron chi connectivity index (χ0n) is 12.2.